The molecule has 3 heterocycles. The molecular weight excluding hydrogens is 427 g/mol. The number of benzene rings is 1. The van der Waals surface area contributed by atoms with Crippen LogP contribution in [-0.4, -0.2) is 47.0 Å². The molecule has 1 N–H and O–H groups in total. The number of rotatable bonds is 4. The van der Waals surface area contributed by atoms with Gasteiger partial charge in [-0.05, 0) is 37.8 Å². The van der Waals surface area contributed by atoms with Gasteiger partial charge >= 0.3 is 0 Å². The second-order valence-electron chi connectivity index (χ2n) is 7.77. The van der Waals surface area contributed by atoms with Gasteiger partial charge in [-0.3, -0.25) is 4.79 Å². The maximum absolute atomic E-state index is 14.1. The maximum atomic E-state index is 14.1. The lowest BCUT2D eigenvalue weighted by Crippen LogP contribution is -2.44. The number of nitrogens with one attached hydrogen (secondary N) is 1. The minimum atomic E-state index is -3.66. The molecule has 1 unspecified atom stereocenters. The van der Waals surface area contributed by atoms with Gasteiger partial charge in [0.2, 0.25) is 5.91 Å². The number of imidazole rings is 1. The van der Waals surface area contributed by atoms with E-state index >= 15 is 0 Å². The van der Waals surface area contributed by atoms with E-state index in [0.29, 0.717) is 23.6 Å². The fourth-order valence-electron chi connectivity index (χ4n) is 3.97. The molecule has 162 valence electrons. The SMILES string of the molecule is Cc1nc(S(=O)(=O)N2CCC(C(=O)NC3CCSc4c(F)cccc43)CC2)cn1C. The molecule has 2 aliphatic heterocycles. The molecule has 1 aromatic heterocycles. The van der Waals surface area contributed by atoms with E-state index in [-0.39, 0.29) is 41.8 Å². The third kappa shape index (κ3) is 4.00. The summed E-state index contributed by atoms with van der Waals surface area (Å²) >= 11 is 1.48. The Morgan fingerprint density at radius 1 is 1.27 bits per heavy atom. The van der Waals surface area contributed by atoms with Gasteiger partial charge in [0, 0.05) is 42.9 Å². The first-order chi connectivity index (χ1) is 14.3. The van der Waals surface area contributed by atoms with Crippen LogP contribution < -0.4 is 5.32 Å². The highest BCUT2D eigenvalue weighted by molar-refractivity contribution is 7.99. The van der Waals surface area contributed by atoms with Gasteiger partial charge in [-0.2, -0.15) is 4.31 Å². The average Bonchev–Trinajstić information content (AvgIpc) is 3.08. The van der Waals surface area contributed by atoms with Crippen molar-refractivity contribution in [2.75, 3.05) is 18.8 Å². The lowest BCUT2D eigenvalue weighted by Gasteiger charge is -2.32. The second kappa shape index (κ2) is 8.32. The number of fused-ring (bicyclic) bond motifs is 1. The van der Waals surface area contributed by atoms with Gasteiger partial charge in [-0.1, -0.05) is 12.1 Å². The van der Waals surface area contributed by atoms with Gasteiger partial charge < -0.3 is 9.88 Å². The Labute approximate surface area is 180 Å². The molecule has 2 aromatic rings. The van der Waals surface area contributed by atoms with E-state index in [9.17, 15) is 17.6 Å². The van der Waals surface area contributed by atoms with Crippen LogP contribution in [0.1, 0.15) is 36.7 Å². The van der Waals surface area contributed by atoms with Crippen molar-refractivity contribution in [2.24, 2.45) is 13.0 Å². The molecule has 1 atom stereocenters. The van der Waals surface area contributed by atoms with Crippen molar-refractivity contribution < 1.29 is 17.6 Å². The smallest absolute Gasteiger partial charge is 0.262 e. The molecule has 0 aliphatic carbocycles. The number of aryl methyl sites for hydroxylation is 2. The van der Waals surface area contributed by atoms with E-state index in [2.05, 4.69) is 10.3 Å². The Morgan fingerprint density at radius 3 is 2.67 bits per heavy atom. The number of carbonyl (C=O) groups is 1. The zero-order valence-electron chi connectivity index (χ0n) is 17.0. The molecule has 7 nitrogen and oxygen atoms in total. The molecule has 0 saturated carbocycles. The minimum absolute atomic E-state index is 0.0451. The largest absolute Gasteiger partial charge is 0.349 e. The Balaban J connectivity index is 1.39. The number of halogens is 1. The number of carbonyl (C=O) groups excluding carboxylic acids is 1. The van der Waals surface area contributed by atoms with Crippen molar-refractivity contribution >= 4 is 27.7 Å². The van der Waals surface area contributed by atoms with Gasteiger partial charge in [0.1, 0.15) is 11.6 Å². The zero-order chi connectivity index (χ0) is 21.5. The van der Waals surface area contributed by atoms with Gasteiger partial charge in [-0.25, -0.2) is 17.8 Å². The monoisotopic (exact) mass is 452 g/mol. The number of hydrogen-bond acceptors (Lipinski definition) is 5. The van der Waals surface area contributed by atoms with Crippen LogP contribution in [0.15, 0.2) is 34.3 Å². The Morgan fingerprint density at radius 2 is 2.00 bits per heavy atom. The predicted octanol–water partition coefficient (Wildman–Crippen LogP) is 2.62. The van der Waals surface area contributed by atoms with E-state index in [1.807, 2.05) is 6.07 Å². The van der Waals surface area contributed by atoms with Crippen LogP contribution in [0.25, 0.3) is 0 Å². The summed E-state index contributed by atoms with van der Waals surface area (Å²) in [6, 6.07) is 4.76. The number of thioether (sulfide) groups is 1. The van der Waals surface area contributed by atoms with Crippen LogP contribution in [0.3, 0.4) is 0 Å². The highest BCUT2D eigenvalue weighted by atomic mass is 32.2. The molecule has 30 heavy (non-hydrogen) atoms. The Bertz CT molecular complexity index is 1040. The maximum Gasteiger partial charge on any atom is 0.262 e. The van der Waals surface area contributed by atoms with Crippen molar-refractivity contribution in [2.45, 2.75) is 42.1 Å². The van der Waals surface area contributed by atoms with Gasteiger partial charge in [0.15, 0.2) is 5.03 Å². The molecule has 10 heteroatoms. The summed E-state index contributed by atoms with van der Waals surface area (Å²) in [6.45, 7) is 2.31. The zero-order valence-corrected chi connectivity index (χ0v) is 18.6. The number of piperidine rings is 1. The average molecular weight is 453 g/mol. The molecule has 1 amide bonds. The summed E-state index contributed by atoms with van der Waals surface area (Å²) in [5.41, 5.74) is 0.824. The number of aromatic nitrogens is 2. The first-order valence-corrected chi connectivity index (χ1v) is 12.4. The Hall–Kier alpha value is -1.91. The predicted molar refractivity (Wildman–Crippen MR) is 112 cm³/mol. The van der Waals surface area contributed by atoms with Crippen molar-refractivity contribution in [1.82, 2.24) is 19.2 Å². The molecule has 0 bridgehead atoms. The Kier molecular flexibility index (Phi) is 5.91. The van der Waals surface area contributed by atoms with Gasteiger partial charge in [-0.15, -0.1) is 11.8 Å². The van der Waals surface area contributed by atoms with Crippen molar-refractivity contribution in [3.05, 3.63) is 41.6 Å². The van der Waals surface area contributed by atoms with E-state index in [0.717, 1.165) is 17.7 Å². The number of hydrogen-bond donors (Lipinski definition) is 1. The van der Waals surface area contributed by atoms with Gasteiger partial charge in [0.05, 0.1) is 6.04 Å². The highest BCUT2D eigenvalue weighted by Crippen LogP contribution is 2.38. The van der Waals surface area contributed by atoms with Crippen LogP contribution in [0.2, 0.25) is 0 Å². The van der Waals surface area contributed by atoms with E-state index < -0.39 is 10.0 Å². The lowest BCUT2D eigenvalue weighted by atomic mass is 9.95. The number of amides is 1. The summed E-state index contributed by atoms with van der Waals surface area (Å²) in [7, 11) is -1.90. The summed E-state index contributed by atoms with van der Waals surface area (Å²) < 4.78 is 42.8. The quantitative estimate of drug-likeness (QED) is 0.771. The highest BCUT2D eigenvalue weighted by Gasteiger charge is 2.34. The fourth-order valence-corrected chi connectivity index (χ4v) is 6.60. The standard InChI is InChI=1S/C20H25FN4O3S2/c1-13-22-18(12-24(13)2)30(27,28)25-9-6-14(7-10-25)20(26)23-17-8-11-29-19-15(17)4-3-5-16(19)21/h3-5,12,14,17H,6-11H2,1-2H3,(H,23,26). The van der Waals surface area contributed by atoms with E-state index in [1.165, 1.54) is 28.3 Å². The van der Waals surface area contributed by atoms with Crippen LogP contribution in [-0.2, 0) is 21.9 Å². The van der Waals surface area contributed by atoms with Crippen LogP contribution in [0.4, 0.5) is 4.39 Å². The fraction of sp³-hybridized carbons (Fsp3) is 0.500. The third-order valence-corrected chi connectivity index (χ3v) is 8.79. The third-order valence-electron chi connectivity index (χ3n) is 5.86. The topological polar surface area (TPSA) is 84.3 Å². The van der Waals surface area contributed by atoms with E-state index in [4.69, 9.17) is 0 Å². The summed E-state index contributed by atoms with van der Waals surface area (Å²) in [5, 5.41) is 3.11. The van der Waals surface area contributed by atoms with Gasteiger partial charge in [0.25, 0.3) is 10.0 Å². The number of sulfonamides is 1. The lowest BCUT2D eigenvalue weighted by molar-refractivity contribution is -0.127. The normalized spacial score (nSPS) is 20.7. The second-order valence-corrected chi connectivity index (χ2v) is 10.8. The number of nitrogens with zero attached hydrogens (tertiary/aromatic N) is 3. The van der Waals surface area contributed by atoms with Crippen molar-refractivity contribution in [1.29, 1.82) is 0 Å². The first kappa shape index (κ1) is 21.3. The molecule has 0 spiro atoms. The van der Waals surface area contributed by atoms with Crippen molar-refractivity contribution in [3.63, 3.8) is 0 Å². The molecular formula is C20H25FN4O3S2. The molecule has 1 saturated heterocycles. The minimum Gasteiger partial charge on any atom is -0.349 e. The van der Waals surface area contributed by atoms with Crippen molar-refractivity contribution in [3.8, 4) is 0 Å². The first-order valence-electron chi connectivity index (χ1n) is 9.99. The summed E-state index contributed by atoms with van der Waals surface area (Å²) in [6.07, 6.45) is 3.17. The van der Waals surface area contributed by atoms with Crippen LogP contribution in [0.5, 0.6) is 0 Å². The van der Waals surface area contributed by atoms with Crippen LogP contribution in [0, 0.1) is 18.7 Å². The molecule has 1 fully saturated rings. The molecule has 0 radical (unpaired) electrons. The summed E-state index contributed by atoms with van der Waals surface area (Å²) in [4.78, 5) is 17.6. The molecule has 1 aromatic carbocycles. The molecule has 4 rings (SSSR count). The van der Waals surface area contributed by atoms with E-state index in [1.54, 1.807) is 24.6 Å². The summed E-state index contributed by atoms with van der Waals surface area (Å²) in [5.74, 6) is 0.783. The molecule has 2 aliphatic rings. The van der Waals surface area contributed by atoms with Crippen LogP contribution >= 0.6 is 11.8 Å².